The zero-order valence-corrected chi connectivity index (χ0v) is 17.6. The van der Waals surface area contributed by atoms with Crippen LogP contribution in [0.5, 0.6) is 0 Å². The minimum Gasteiger partial charge on any atom is -0.337 e. The Labute approximate surface area is 162 Å². The lowest BCUT2D eigenvalue weighted by molar-refractivity contribution is 0.172. The van der Waals surface area contributed by atoms with E-state index >= 15 is 0 Å². The van der Waals surface area contributed by atoms with E-state index in [1.54, 1.807) is 0 Å². The van der Waals surface area contributed by atoms with Gasteiger partial charge in [0.15, 0.2) is 0 Å². The van der Waals surface area contributed by atoms with Gasteiger partial charge in [0.25, 0.3) is 0 Å². The van der Waals surface area contributed by atoms with Crippen molar-refractivity contribution in [2.75, 3.05) is 27.2 Å². The molecule has 2 unspecified atom stereocenters. The molecule has 3 rings (SSSR count). The maximum absolute atomic E-state index is 4.06. The van der Waals surface area contributed by atoms with Crippen LogP contribution in [0.2, 0.25) is 0 Å². The summed E-state index contributed by atoms with van der Waals surface area (Å²) in [5.74, 6) is 0. The van der Waals surface area contributed by atoms with Crippen molar-refractivity contribution in [1.82, 2.24) is 19.4 Å². The summed E-state index contributed by atoms with van der Waals surface area (Å²) in [7, 11) is 4.54. The molecule has 2 fully saturated rings. The Hall–Kier alpha value is -0.870. The third-order valence-electron chi connectivity index (χ3n) is 6.25. The summed E-state index contributed by atoms with van der Waals surface area (Å²) < 4.78 is 2.17. The monoisotopic (exact) mass is 362 g/mol. The van der Waals surface area contributed by atoms with E-state index in [9.17, 15) is 0 Å². The molecule has 2 aliphatic rings. The predicted molar refractivity (Wildman–Crippen MR) is 112 cm³/mol. The number of nitrogens with zero attached hydrogens (tertiary/aromatic N) is 4. The zero-order chi connectivity index (χ0) is 18.6. The third kappa shape index (κ3) is 7.79. The SMILES string of the molecule is CCCCC1CCCCN1C.CN1CCCCC1CCCn1ccnc1. The van der Waals surface area contributed by atoms with Gasteiger partial charge in [-0.2, -0.15) is 0 Å². The molecule has 0 bridgehead atoms. The average Bonchev–Trinajstić information content (AvgIpc) is 3.17. The number of hydrogen-bond acceptors (Lipinski definition) is 3. The molecule has 0 amide bonds. The maximum Gasteiger partial charge on any atom is 0.0945 e. The molecule has 0 aromatic carbocycles. The smallest absolute Gasteiger partial charge is 0.0945 e. The number of imidazole rings is 1. The highest BCUT2D eigenvalue weighted by Gasteiger charge is 2.18. The van der Waals surface area contributed by atoms with Crippen molar-refractivity contribution < 1.29 is 0 Å². The van der Waals surface area contributed by atoms with Crippen molar-refractivity contribution in [3.8, 4) is 0 Å². The number of piperidine rings is 2. The fourth-order valence-electron chi connectivity index (χ4n) is 4.39. The highest BCUT2D eigenvalue weighted by molar-refractivity contribution is 4.77. The van der Waals surface area contributed by atoms with Gasteiger partial charge in [-0.3, -0.25) is 0 Å². The predicted octanol–water partition coefficient (Wildman–Crippen LogP) is 4.81. The average molecular weight is 363 g/mol. The molecule has 4 nitrogen and oxygen atoms in total. The molecule has 2 aliphatic heterocycles. The van der Waals surface area contributed by atoms with Gasteiger partial charge >= 0.3 is 0 Å². The van der Waals surface area contributed by atoms with Crippen molar-refractivity contribution in [2.24, 2.45) is 0 Å². The Morgan fingerprint density at radius 3 is 2.00 bits per heavy atom. The van der Waals surface area contributed by atoms with Gasteiger partial charge in [-0.25, -0.2) is 4.98 Å². The van der Waals surface area contributed by atoms with E-state index in [1.165, 1.54) is 83.7 Å². The van der Waals surface area contributed by atoms with E-state index in [0.717, 1.165) is 18.6 Å². The summed E-state index contributed by atoms with van der Waals surface area (Å²) >= 11 is 0. The second-order valence-corrected chi connectivity index (χ2v) is 8.35. The Bertz CT molecular complexity index is 445. The minimum absolute atomic E-state index is 0.822. The van der Waals surface area contributed by atoms with Crippen LogP contribution in [0, 0.1) is 0 Å². The molecule has 0 N–H and O–H groups in total. The molecule has 0 radical (unpaired) electrons. The first-order chi connectivity index (χ1) is 12.7. The second kappa shape index (κ2) is 12.5. The molecule has 1 aromatic heterocycles. The van der Waals surface area contributed by atoms with Gasteiger partial charge in [-0.1, -0.05) is 32.6 Å². The molecule has 1 aromatic rings. The molecular weight excluding hydrogens is 320 g/mol. The van der Waals surface area contributed by atoms with Crippen LogP contribution in [0.1, 0.15) is 77.6 Å². The van der Waals surface area contributed by atoms with Gasteiger partial charge in [-0.15, -0.1) is 0 Å². The zero-order valence-electron chi connectivity index (χ0n) is 17.6. The first kappa shape index (κ1) is 21.4. The number of unbranched alkanes of at least 4 members (excludes halogenated alkanes) is 1. The van der Waals surface area contributed by atoms with Crippen molar-refractivity contribution in [3.63, 3.8) is 0 Å². The van der Waals surface area contributed by atoms with Gasteiger partial charge in [0.1, 0.15) is 0 Å². The Balaban J connectivity index is 0.000000197. The van der Waals surface area contributed by atoms with Crippen LogP contribution in [0.3, 0.4) is 0 Å². The van der Waals surface area contributed by atoms with E-state index in [2.05, 4.69) is 40.4 Å². The van der Waals surface area contributed by atoms with Crippen molar-refractivity contribution >= 4 is 0 Å². The molecule has 0 aliphatic carbocycles. The number of hydrogen-bond donors (Lipinski definition) is 0. The van der Waals surface area contributed by atoms with E-state index in [4.69, 9.17) is 0 Å². The lowest BCUT2D eigenvalue weighted by Crippen LogP contribution is -2.36. The summed E-state index contributed by atoms with van der Waals surface area (Å²) in [6.07, 6.45) is 21.1. The summed E-state index contributed by atoms with van der Waals surface area (Å²) in [4.78, 5) is 9.12. The molecule has 150 valence electrons. The van der Waals surface area contributed by atoms with Crippen molar-refractivity contribution in [1.29, 1.82) is 0 Å². The van der Waals surface area contributed by atoms with E-state index in [-0.39, 0.29) is 0 Å². The van der Waals surface area contributed by atoms with Gasteiger partial charge < -0.3 is 14.4 Å². The van der Waals surface area contributed by atoms with Crippen LogP contribution in [0.4, 0.5) is 0 Å². The molecule has 0 saturated carbocycles. The third-order valence-corrected chi connectivity index (χ3v) is 6.25. The first-order valence-corrected chi connectivity index (χ1v) is 11.1. The van der Waals surface area contributed by atoms with Gasteiger partial charge in [-0.05, 0) is 72.1 Å². The van der Waals surface area contributed by atoms with Gasteiger partial charge in [0, 0.05) is 31.0 Å². The normalized spacial score (nSPS) is 24.9. The second-order valence-electron chi connectivity index (χ2n) is 8.35. The van der Waals surface area contributed by atoms with E-state index in [1.807, 2.05) is 18.7 Å². The molecule has 4 heteroatoms. The molecule has 2 saturated heterocycles. The van der Waals surface area contributed by atoms with Crippen LogP contribution < -0.4 is 0 Å². The van der Waals surface area contributed by atoms with Crippen LogP contribution in [0.15, 0.2) is 18.7 Å². The van der Waals surface area contributed by atoms with Crippen LogP contribution >= 0.6 is 0 Å². The molecule has 26 heavy (non-hydrogen) atoms. The summed E-state index contributed by atoms with van der Waals surface area (Å²) in [6.45, 7) is 6.01. The van der Waals surface area contributed by atoms with Crippen molar-refractivity contribution in [2.45, 2.75) is 96.2 Å². The Morgan fingerprint density at radius 1 is 0.885 bits per heavy atom. The fourth-order valence-corrected chi connectivity index (χ4v) is 4.39. The maximum atomic E-state index is 4.06. The summed E-state index contributed by atoms with van der Waals surface area (Å²) in [5.41, 5.74) is 0. The minimum atomic E-state index is 0.822. The van der Waals surface area contributed by atoms with E-state index in [0.29, 0.717) is 0 Å². The molecule has 3 heterocycles. The quantitative estimate of drug-likeness (QED) is 0.696. The summed E-state index contributed by atoms with van der Waals surface area (Å²) in [6, 6.07) is 1.73. The largest absolute Gasteiger partial charge is 0.337 e. The number of rotatable bonds is 7. The van der Waals surface area contributed by atoms with Gasteiger partial charge in [0.05, 0.1) is 6.33 Å². The standard InChI is InChI=1S/C12H21N3.C10H21N/c1-14-8-3-2-5-12(14)6-4-9-15-10-7-13-11-15;1-3-4-7-10-8-5-6-9-11(10)2/h7,10-12H,2-6,8-9H2,1H3;10H,3-9H2,1-2H3. The van der Waals surface area contributed by atoms with Crippen LogP contribution in [-0.4, -0.2) is 58.6 Å². The first-order valence-electron chi connectivity index (χ1n) is 11.1. The molecular formula is C22H42N4. The van der Waals surface area contributed by atoms with E-state index < -0.39 is 0 Å². The number of likely N-dealkylation sites (tertiary alicyclic amines) is 2. The topological polar surface area (TPSA) is 24.3 Å². The molecule has 0 spiro atoms. The Kier molecular flexibility index (Phi) is 10.3. The van der Waals surface area contributed by atoms with Crippen LogP contribution in [0.25, 0.3) is 0 Å². The number of aryl methyl sites for hydroxylation is 1. The fraction of sp³-hybridized carbons (Fsp3) is 0.864. The number of aromatic nitrogens is 2. The Morgan fingerprint density at radius 2 is 1.50 bits per heavy atom. The van der Waals surface area contributed by atoms with Gasteiger partial charge in [0.2, 0.25) is 0 Å². The van der Waals surface area contributed by atoms with Crippen LogP contribution in [-0.2, 0) is 6.54 Å². The highest BCUT2D eigenvalue weighted by atomic mass is 15.1. The molecule has 2 atom stereocenters. The lowest BCUT2D eigenvalue weighted by atomic mass is 9.98. The van der Waals surface area contributed by atoms with Crippen molar-refractivity contribution in [3.05, 3.63) is 18.7 Å². The summed E-state index contributed by atoms with van der Waals surface area (Å²) in [5, 5.41) is 0. The lowest BCUT2D eigenvalue weighted by Gasteiger charge is -2.32. The highest BCUT2D eigenvalue weighted by Crippen LogP contribution is 2.20.